The van der Waals surface area contributed by atoms with E-state index in [4.69, 9.17) is 0 Å². The Morgan fingerprint density at radius 1 is 1.29 bits per heavy atom. The number of amides is 1. The van der Waals surface area contributed by atoms with Crippen molar-refractivity contribution in [2.45, 2.75) is 57.5 Å². The maximum Gasteiger partial charge on any atom is 0.245 e. The standard InChI is InChI=1S/C16H26N4O/c1-12(13-6-3-4-7-13)17-14-8-5-10-20(16(14)21)15-9-11-19(2)18-15/h9,11-14,17H,3-8,10H2,1-2H3/t12-,14-/m1/s1. The molecule has 0 radical (unpaired) electrons. The van der Waals surface area contributed by atoms with Crippen LogP contribution in [0.25, 0.3) is 0 Å². The fourth-order valence-corrected chi connectivity index (χ4v) is 3.71. The van der Waals surface area contributed by atoms with Gasteiger partial charge in [0.05, 0.1) is 6.04 Å². The summed E-state index contributed by atoms with van der Waals surface area (Å²) in [6.45, 7) is 3.02. The normalized spacial score (nSPS) is 25.5. The second-order valence-corrected chi connectivity index (χ2v) is 6.53. The molecule has 2 atom stereocenters. The van der Waals surface area contributed by atoms with Gasteiger partial charge in [0.15, 0.2) is 5.82 Å². The Kier molecular flexibility index (Phi) is 4.29. The summed E-state index contributed by atoms with van der Waals surface area (Å²) < 4.78 is 1.75. The molecule has 0 bridgehead atoms. The first-order chi connectivity index (χ1) is 10.1. The van der Waals surface area contributed by atoms with Crippen molar-refractivity contribution in [3.8, 4) is 0 Å². The topological polar surface area (TPSA) is 50.2 Å². The van der Waals surface area contributed by atoms with Crippen molar-refractivity contribution in [2.75, 3.05) is 11.4 Å². The lowest BCUT2D eigenvalue weighted by molar-refractivity contribution is -0.122. The van der Waals surface area contributed by atoms with Gasteiger partial charge in [0.2, 0.25) is 5.91 Å². The number of rotatable bonds is 4. The molecule has 1 aliphatic heterocycles. The lowest BCUT2D eigenvalue weighted by atomic mass is 9.96. The monoisotopic (exact) mass is 290 g/mol. The Bertz CT molecular complexity index is 492. The largest absolute Gasteiger partial charge is 0.303 e. The molecule has 0 unspecified atom stereocenters. The van der Waals surface area contributed by atoms with E-state index in [1.54, 1.807) is 4.68 Å². The molecule has 1 aromatic heterocycles. The molecule has 2 heterocycles. The summed E-state index contributed by atoms with van der Waals surface area (Å²) in [5.41, 5.74) is 0. The van der Waals surface area contributed by atoms with Crippen LogP contribution in [0.3, 0.4) is 0 Å². The van der Waals surface area contributed by atoms with Crippen molar-refractivity contribution in [1.82, 2.24) is 15.1 Å². The third-order valence-electron chi connectivity index (χ3n) is 4.99. The van der Waals surface area contributed by atoms with E-state index in [2.05, 4.69) is 17.3 Å². The first kappa shape index (κ1) is 14.6. The maximum atomic E-state index is 12.7. The van der Waals surface area contributed by atoms with E-state index in [0.717, 1.165) is 31.1 Å². The van der Waals surface area contributed by atoms with Crippen LogP contribution >= 0.6 is 0 Å². The van der Waals surface area contributed by atoms with Crippen molar-refractivity contribution in [3.63, 3.8) is 0 Å². The number of hydrogen-bond acceptors (Lipinski definition) is 3. The van der Waals surface area contributed by atoms with E-state index in [1.165, 1.54) is 25.7 Å². The fourth-order valence-electron chi connectivity index (χ4n) is 3.71. The van der Waals surface area contributed by atoms with Gasteiger partial charge in [0.1, 0.15) is 0 Å². The predicted octanol–water partition coefficient (Wildman–Crippen LogP) is 2.08. The van der Waals surface area contributed by atoms with Gasteiger partial charge in [-0.3, -0.25) is 14.4 Å². The Hall–Kier alpha value is -1.36. The summed E-state index contributed by atoms with van der Waals surface area (Å²) >= 11 is 0. The predicted molar refractivity (Wildman–Crippen MR) is 83.1 cm³/mol. The van der Waals surface area contributed by atoms with Crippen LogP contribution in [0.4, 0.5) is 5.82 Å². The molecule has 3 rings (SSSR count). The first-order valence-corrected chi connectivity index (χ1v) is 8.22. The summed E-state index contributed by atoms with van der Waals surface area (Å²) in [5, 5.41) is 7.96. The minimum absolute atomic E-state index is 0.0450. The zero-order valence-corrected chi connectivity index (χ0v) is 13.1. The number of carbonyl (C=O) groups excluding carboxylic acids is 1. The molecule has 5 heteroatoms. The molecule has 0 spiro atoms. The SMILES string of the molecule is C[C@@H](N[C@@H]1CCCN(c2ccn(C)n2)C1=O)C1CCCC1. The van der Waals surface area contributed by atoms with Crippen LogP contribution in [0.2, 0.25) is 0 Å². The third kappa shape index (κ3) is 3.12. The van der Waals surface area contributed by atoms with Gasteiger partial charge in [-0.2, -0.15) is 5.10 Å². The average molecular weight is 290 g/mol. The molecule has 2 aliphatic rings. The molecule has 2 fully saturated rings. The second kappa shape index (κ2) is 6.18. The highest BCUT2D eigenvalue weighted by Gasteiger charge is 2.33. The number of hydrogen-bond donors (Lipinski definition) is 1. The van der Waals surface area contributed by atoms with Gasteiger partial charge in [-0.15, -0.1) is 0 Å². The van der Waals surface area contributed by atoms with Gasteiger partial charge in [-0.25, -0.2) is 0 Å². The third-order valence-corrected chi connectivity index (χ3v) is 4.99. The molecule has 1 aliphatic carbocycles. The summed E-state index contributed by atoms with van der Waals surface area (Å²) in [4.78, 5) is 14.5. The zero-order chi connectivity index (χ0) is 14.8. The van der Waals surface area contributed by atoms with Crippen molar-refractivity contribution < 1.29 is 4.79 Å². The Morgan fingerprint density at radius 2 is 2.05 bits per heavy atom. The molecule has 1 N–H and O–H groups in total. The molecule has 116 valence electrons. The molecule has 21 heavy (non-hydrogen) atoms. The van der Waals surface area contributed by atoms with Crippen molar-refractivity contribution in [1.29, 1.82) is 0 Å². The van der Waals surface area contributed by atoms with Crippen LogP contribution in [0.15, 0.2) is 12.3 Å². The fraction of sp³-hybridized carbons (Fsp3) is 0.750. The Morgan fingerprint density at radius 3 is 2.71 bits per heavy atom. The maximum absolute atomic E-state index is 12.7. The number of anilines is 1. The van der Waals surface area contributed by atoms with E-state index in [-0.39, 0.29) is 11.9 Å². The molecule has 1 aromatic rings. The minimum Gasteiger partial charge on any atom is -0.303 e. The number of nitrogens with zero attached hydrogens (tertiary/aromatic N) is 3. The van der Waals surface area contributed by atoms with Crippen LogP contribution in [0.5, 0.6) is 0 Å². The van der Waals surface area contributed by atoms with Crippen LogP contribution in [0.1, 0.15) is 45.4 Å². The molecule has 5 nitrogen and oxygen atoms in total. The highest BCUT2D eigenvalue weighted by Crippen LogP contribution is 2.28. The van der Waals surface area contributed by atoms with E-state index < -0.39 is 0 Å². The Balaban J connectivity index is 1.64. The van der Waals surface area contributed by atoms with Crippen LogP contribution in [-0.2, 0) is 11.8 Å². The molecule has 1 amide bonds. The molecule has 0 aromatic carbocycles. The second-order valence-electron chi connectivity index (χ2n) is 6.53. The van der Waals surface area contributed by atoms with E-state index >= 15 is 0 Å². The lowest BCUT2D eigenvalue weighted by Gasteiger charge is -2.34. The minimum atomic E-state index is -0.0450. The van der Waals surface area contributed by atoms with Crippen LogP contribution < -0.4 is 10.2 Å². The number of piperidine rings is 1. The van der Waals surface area contributed by atoms with Crippen LogP contribution in [0, 0.1) is 5.92 Å². The number of aromatic nitrogens is 2. The van der Waals surface area contributed by atoms with Gasteiger partial charge < -0.3 is 5.32 Å². The van der Waals surface area contributed by atoms with Gasteiger partial charge in [-0.1, -0.05) is 12.8 Å². The molecule has 1 saturated heterocycles. The van der Waals surface area contributed by atoms with Crippen LogP contribution in [-0.4, -0.2) is 34.3 Å². The average Bonchev–Trinajstić information content (AvgIpc) is 3.12. The first-order valence-electron chi connectivity index (χ1n) is 8.22. The molecular weight excluding hydrogens is 264 g/mol. The molecular formula is C16H26N4O. The van der Waals surface area contributed by atoms with E-state index in [1.807, 2.05) is 24.2 Å². The summed E-state index contributed by atoms with van der Waals surface area (Å²) in [5.74, 6) is 1.70. The number of nitrogens with one attached hydrogen (secondary N) is 1. The molecule has 1 saturated carbocycles. The number of carbonyl (C=O) groups is 1. The van der Waals surface area contributed by atoms with Gasteiger partial charge in [0.25, 0.3) is 0 Å². The van der Waals surface area contributed by atoms with Gasteiger partial charge in [0, 0.05) is 31.9 Å². The summed E-state index contributed by atoms with van der Waals surface area (Å²) in [6.07, 6.45) is 9.17. The summed E-state index contributed by atoms with van der Waals surface area (Å²) in [6, 6.07) is 2.31. The van der Waals surface area contributed by atoms with Crippen molar-refractivity contribution >= 4 is 11.7 Å². The van der Waals surface area contributed by atoms with Crippen molar-refractivity contribution in [3.05, 3.63) is 12.3 Å². The summed E-state index contributed by atoms with van der Waals surface area (Å²) in [7, 11) is 1.88. The quantitative estimate of drug-likeness (QED) is 0.923. The highest BCUT2D eigenvalue weighted by molar-refractivity contribution is 5.97. The van der Waals surface area contributed by atoms with Gasteiger partial charge in [-0.05, 0) is 38.5 Å². The van der Waals surface area contributed by atoms with E-state index in [9.17, 15) is 4.79 Å². The van der Waals surface area contributed by atoms with E-state index in [0.29, 0.717) is 6.04 Å². The zero-order valence-electron chi connectivity index (χ0n) is 13.1. The number of aryl methyl sites for hydroxylation is 1. The highest BCUT2D eigenvalue weighted by atomic mass is 16.2. The lowest BCUT2D eigenvalue weighted by Crippen LogP contribution is -2.54. The Labute approximate surface area is 126 Å². The van der Waals surface area contributed by atoms with Crippen molar-refractivity contribution in [2.24, 2.45) is 13.0 Å². The smallest absolute Gasteiger partial charge is 0.245 e. The van der Waals surface area contributed by atoms with Gasteiger partial charge >= 0.3 is 0 Å².